The lowest BCUT2D eigenvalue weighted by molar-refractivity contribution is -0.116. The molecule has 3 amide bonds. The first kappa shape index (κ1) is 15.8. The summed E-state index contributed by atoms with van der Waals surface area (Å²) in [5, 5.41) is 5.63. The van der Waals surface area contributed by atoms with E-state index >= 15 is 0 Å². The van der Waals surface area contributed by atoms with Crippen LogP contribution in [0, 0.1) is 6.92 Å². The lowest BCUT2D eigenvalue weighted by Gasteiger charge is -2.23. The number of hydrogen-bond acceptors (Lipinski definition) is 2. The van der Waals surface area contributed by atoms with Crippen LogP contribution in [0.2, 0.25) is 0 Å². The molecule has 0 saturated heterocycles. The molecule has 0 unspecified atom stereocenters. The normalized spacial score (nSPS) is 13.7. The Bertz CT molecular complexity index is 544. The first-order chi connectivity index (χ1) is 9.97. The largest absolute Gasteiger partial charge is 0.336 e. The van der Waals surface area contributed by atoms with Gasteiger partial charge in [0.2, 0.25) is 5.91 Å². The molecule has 1 aromatic rings. The standard InChI is InChI=1S/C15H20BrN3O2/c1-10-3-6-14(13(16)9-10)19(11(2)20)8-7-17-15(21)18-12-4-5-12/h3,6,9,12H,4-5,7-8H2,1-2H3,(H2,17,18,21). The molecule has 0 bridgehead atoms. The zero-order valence-corrected chi connectivity index (χ0v) is 13.9. The van der Waals surface area contributed by atoms with E-state index in [4.69, 9.17) is 0 Å². The van der Waals surface area contributed by atoms with Crippen LogP contribution >= 0.6 is 15.9 Å². The van der Waals surface area contributed by atoms with Gasteiger partial charge in [0.05, 0.1) is 5.69 Å². The maximum Gasteiger partial charge on any atom is 0.315 e. The van der Waals surface area contributed by atoms with Gasteiger partial charge >= 0.3 is 6.03 Å². The molecule has 0 atom stereocenters. The van der Waals surface area contributed by atoms with Gasteiger partial charge in [0.25, 0.3) is 0 Å². The first-order valence-corrected chi connectivity index (χ1v) is 7.85. The number of hydrogen-bond donors (Lipinski definition) is 2. The van der Waals surface area contributed by atoms with Gasteiger partial charge in [-0.05, 0) is 53.4 Å². The van der Waals surface area contributed by atoms with Gasteiger partial charge in [-0.1, -0.05) is 6.07 Å². The van der Waals surface area contributed by atoms with Crippen molar-refractivity contribution in [3.8, 4) is 0 Å². The number of halogens is 1. The lowest BCUT2D eigenvalue weighted by atomic mass is 10.2. The van der Waals surface area contributed by atoms with Crippen LogP contribution in [0.5, 0.6) is 0 Å². The zero-order valence-electron chi connectivity index (χ0n) is 12.3. The molecule has 6 heteroatoms. The molecule has 0 heterocycles. The van der Waals surface area contributed by atoms with Gasteiger partial charge in [0.15, 0.2) is 0 Å². The molecular weight excluding hydrogens is 334 g/mol. The van der Waals surface area contributed by atoms with E-state index in [0.717, 1.165) is 28.6 Å². The Labute approximate surface area is 133 Å². The molecule has 1 aliphatic carbocycles. The zero-order chi connectivity index (χ0) is 15.4. The molecule has 2 N–H and O–H groups in total. The Morgan fingerprint density at radius 2 is 2.10 bits per heavy atom. The number of amides is 3. The molecule has 114 valence electrons. The number of carbonyl (C=O) groups excluding carboxylic acids is 2. The van der Waals surface area contributed by atoms with E-state index in [-0.39, 0.29) is 11.9 Å². The second-order valence-electron chi connectivity index (χ2n) is 5.30. The maximum atomic E-state index is 11.8. The summed E-state index contributed by atoms with van der Waals surface area (Å²) < 4.78 is 0.875. The molecule has 5 nitrogen and oxygen atoms in total. The first-order valence-electron chi connectivity index (χ1n) is 7.06. The highest BCUT2D eigenvalue weighted by atomic mass is 79.9. The third-order valence-corrected chi connectivity index (χ3v) is 3.94. The number of nitrogens with one attached hydrogen (secondary N) is 2. The summed E-state index contributed by atoms with van der Waals surface area (Å²) in [6, 6.07) is 6.01. The smallest absolute Gasteiger partial charge is 0.315 e. The number of nitrogens with zero attached hydrogens (tertiary/aromatic N) is 1. The third-order valence-electron chi connectivity index (χ3n) is 3.31. The summed E-state index contributed by atoms with van der Waals surface area (Å²) in [5.41, 5.74) is 1.94. The fraction of sp³-hybridized carbons (Fsp3) is 0.467. The number of carbonyl (C=O) groups is 2. The van der Waals surface area contributed by atoms with Crippen molar-refractivity contribution in [1.29, 1.82) is 0 Å². The van der Waals surface area contributed by atoms with Crippen molar-refractivity contribution >= 4 is 33.6 Å². The minimum Gasteiger partial charge on any atom is -0.336 e. The fourth-order valence-electron chi connectivity index (χ4n) is 2.02. The van der Waals surface area contributed by atoms with Crippen LogP contribution in [0.25, 0.3) is 0 Å². The van der Waals surface area contributed by atoms with E-state index in [9.17, 15) is 9.59 Å². The van der Waals surface area contributed by atoms with Crippen LogP contribution < -0.4 is 15.5 Å². The number of aryl methyl sites for hydroxylation is 1. The van der Waals surface area contributed by atoms with Crippen LogP contribution in [0.1, 0.15) is 25.3 Å². The molecule has 21 heavy (non-hydrogen) atoms. The van der Waals surface area contributed by atoms with Crippen LogP contribution in [0.15, 0.2) is 22.7 Å². The van der Waals surface area contributed by atoms with E-state index in [0.29, 0.717) is 19.1 Å². The van der Waals surface area contributed by atoms with Crippen LogP contribution in [0.3, 0.4) is 0 Å². The minimum atomic E-state index is -0.163. The van der Waals surface area contributed by atoms with Crippen molar-refractivity contribution in [1.82, 2.24) is 10.6 Å². The van der Waals surface area contributed by atoms with Gasteiger partial charge < -0.3 is 15.5 Å². The highest BCUT2D eigenvalue weighted by Gasteiger charge is 2.23. The number of anilines is 1. The van der Waals surface area contributed by atoms with Gasteiger partial charge in [-0.2, -0.15) is 0 Å². The molecule has 0 aromatic heterocycles. The van der Waals surface area contributed by atoms with E-state index in [1.807, 2.05) is 25.1 Å². The van der Waals surface area contributed by atoms with Crippen LogP contribution in [0.4, 0.5) is 10.5 Å². The summed E-state index contributed by atoms with van der Waals surface area (Å²) in [7, 11) is 0. The molecule has 0 radical (unpaired) electrons. The van der Waals surface area contributed by atoms with E-state index in [2.05, 4.69) is 26.6 Å². The third kappa shape index (κ3) is 4.74. The van der Waals surface area contributed by atoms with Crippen molar-refractivity contribution in [2.75, 3.05) is 18.0 Å². The van der Waals surface area contributed by atoms with Crippen molar-refractivity contribution in [3.05, 3.63) is 28.2 Å². The quantitative estimate of drug-likeness (QED) is 0.854. The molecule has 1 aromatic carbocycles. The maximum absolute atomic E-state index is 11.8. The Hall–Kier alpha value is -1.56. The summed E-state index contributed by atoms with van der Waals surface area (Å²) in [6.45, 7) is 4.38. The molecule has 1 fully saturated rings. The predicted octanol–water partition coefficient (Wildman–Crippen LogP) is 2.57. The highest BCUT2D eigenvalue weighted by molar-refractivity contribution is 9.10. The monoisotopic (exact) mass is 353 g/mol. The average Bonchev–Trinajstić information content (AvgIpc) is 3.19. The highest BCUT2D eigenvalue weighted by Crippen LogP contribution is 2.27. The topological polar surface area (TPSA) is 61.4 Å². The number of urea groups is 1. The molecule has 0 aliphatic heterocycles. The Morgan fingerprint density at radius 1 is 1.38 bits per heavy atom. The van der Waals surface area contributed by atoms with Crippen molar-refractivity contribution in [3.63, 3.8) is 0 Å². The molecule has 1 aliphatic rings. The van der Waals surface area contributed by atoms with Gasteiger partial charge in [-0.25, -0.2) is 4.79 Å². The number of rotatable bonds is 5. The lowest BCUT2D eigenvalue weighted by Crippen LogP contribution is -2.42. The molecule has 2 rings (SSSR count). The predicted molar refractivity (Wildman–Crippen MR) is 86.5 cm³/mol. The Balaban J connectivity index is 1.92. The van der Waals surface area contributed by atoms with E-state index in [1.54, 1.807) is 4.90 Å². The van der Waals surface area contributed by atoms with Crippen LogP contribution in [-0.4, -0.2) is 31.1 Å². The van der Waals surface area contributed by atoms with Crippen LogP contribution in [-0.2, 0) is 4.79 Å². The second kappa shape index (κ2) is 6.93. The summed E-state index contributed by atoms with van der Waals surface area (Å²) in [5.74, 6) is -0.0519. The summed E-state index contributed by atoms with van der Waals surface area (Å²) in [4.78, 5) is 25.0. The van der Waals surface area contributed by atoms with E-state index < -0.39 is 0 Å². The molecule has 1 saturated carbocycles. The average molecular weight is 354 g/mol. The van der Waals surface area contributed by atoms with Crippen molar-refractivity contribution in [2.45, 2.75) is 32.7 Å². The Morgan fingerprint density at radius 3 is 2.67 bits per heavy atom. The van der Waals surface area contributed by atoms with Gasteiger partial charge in [-0.15, -0.1) is 0 Å². The summed E-state index contributed by atoms with van der Waals surface area (Å²) in [6.07, 6.45) is 2.12. The minimum absolute atomic E-state index is 0.0519. The second-order valence-corrected chi connectivity index (χ2v) is 6.15. The van der Waals surface area contributed by atoms with Gasteiger partial charge in [0.1, 0.15) is 0 Å². The molecular formula is C15H20BrN3O2. The molecule has 0 spiro atoms. The Kier molecular flexibility index (Phi) is 5.22. The summed E-state index contributed by atoms with van der Waals surface area (Å²) >= 11 is 3.48. The van der Waals surface area contributed by atoms with Gasteiger partial charge in [-0.3, -0.25) is 4.79 Å². The number of benzene rings is 1. The SMILES string of the molecule is CC(=O)N(CCNC(=O)NC1CC1)c1ccc(C)cc1Br. The van der Waals surface area contributed by atoms with Crippen molar-refractivity contribution < 1.29 is 9.59 Å². The van der Waals surface area contributed by atoms with E-state index in [1.165, 1.54) is 6.92 Å². The fourth-order valence-corrected chi connectivity index (χ4v) is 2.73. The van der Waals surface area contributed by atoms with Gasteiger partial charge in [0, 0.05) is 30.5 Å². The van der Waals surface area contributed by atoms with Crippen molar-refractivity contribution in [2.24, 2.45) is 0 Å².